The number of rotatable bonds is 4. The number of hydrogen-bond donors (Lipinski definition) is 1. The van der Waals surface area contributed by atoms with E-state index >= 15 is 0 Å². The first-order chi connectivity index (χ1) is 9.92. The number of halogens is 4. The van der Waals surface area contributed by atoms with Gasteiger partial charge in [0.05, 0.1) is 12.1 Å². The van der Waals surface area contributed by atoms with E-state index in [0.717, 1.165) is 12.1 Å². The maximum Gasteiger partial charge on any atom is 0.165 e. The Labute approximate surface area is 125 Å². The smallest absolute Gasteiger partial charge is 0.165 e. The van der Waals surface area contributed by atoms with Crippen LogP contribution in [0, 0.1) is 17.5 Å². The van der Waals surface area contributed by atoms with Crippen LogP contribution in [0.5, 0.6) is 5.75 Å². The van der Waals surface area contributed by atoms with Gasteiger partial charge < -0.3 is 10.5 Å². The molecule has 0 saturated heterocycles. The van der Waals surface area contributed by atoms with E-state index in [1.165, 1.54) is 19.2 Å². The van der Waals surface area contributed by atoms with E-state index in [0.29, 0.717) is 5.56 Å². The Bertz CT molecular complexity index is 664. The van der Waals surface area contributed by atoms with Gasteiger partial charge in [-0.25, -0.2) is 13.2 Å². The highest BCUT2D eigenvalue weighted by Gasteiger charge is 2.16. The van der Waals surface area contributed by atoms with Crippen LogP contribution in [-0.4, -0.2) is 7.11 Å². The van der Waals surface area contributed by atoms with Crippen molar-refractivity contribution in [2.45, 2.75) is 12.5 Å². The van der Waals surface area contributed by atoms with Gasteiger partial charge in [-0.05, 0) is 36.2 Å². The van der Waals surface area contributed by atoms with Gasteiger partial charge in [0.2, 0.25) is 0 Å². The summed E-state index contributed by atoms with van der Waals surface area (Å²) in [6.45, 7) is 0. The molecule has 0 aliphatic rings. The van der Waals surface area contributed by atoms with Gasteiger partial charge in [0, 0.05) is 11.6 Å². The van der Waals surface area contributed by atoms with E-state index < -0.39 is 23.5 Å². The third-order valence-corrected chi connectivity index (χ3v) is 3.40. The summed E-state index contributed by atoms with van der Waals surface area (Å²) in [6.07, 6.45) is 0.152. The largest absolute Gasteiger partial charge is 0.494 e. The minimum Gasteiger partial charge on any atom is -0.494 e. The van der Waals surface area contributed by atoms with Crippen LogP contribution in [0.3, 0.4) is 0 Å². The summed E-state index contributed by atoms with van der Waals surface area (Å²) in [5.74, 6) is -1.87. The average Bonchev–Trinajstić information content (AvgIpc) is 2.43. The minimum atomic E-state index is -0.815. The quantitative estimate of drug-likeness (QED) is 0.865. The highest BCUT2D eigenvalue weighted by atomic mass is 35.5. The molecule has 0 radical (unpaired) electrons. The fourth-order valence-corrected chi connectivity index (χ4v) is 2.17. The van der Waals surface area contributed by atoms with Crippen molar-refractivity contribution in [1.82, 2.24) is 0 Å². The highest BCUT2D eigenvalue weighted by molar-refractivity contribution is 6.30. The average molecular weight is 316 g/mol. The Morgan fingerprint density at radius 3 is 2.43 bits per heavy atom. The van der Waals surface area contributed by atoms with Gasteiger partial charge in [-0.1, -0.05) is 17.7 Å². The first-order valence-electron chi connectivity index (χ1n) is 6.14. The molecule has 2 aromatic rings. The second kappa shape index (κ2) is 6.37. The van der Waals surface area contributed by atoms with Gasteiger partial charge in [-0.15, -0.1) is 0 Å². The van der Waals surface area contributed by atoms with E-state index in [1.807, 2.05) is 0 Å². The number of methoxy groups -OCH3 is 1. The van der Waals surface area contributed by atoms with E-state index in [-0.39, 0.29) is 22.8 Å². The molecule has 0 saturated carbocycles. The number of benzene rings is 2. The Hall–Kier alpha value is -1.72. The summed E-state index contributed by atoms with van der Waals surface area (Å²) in [7, 11) is 1.36. The van der Waals surface area contributed by atoms with Crippen LogP contribution >= 0.6 is 11.6 Å². The highest BCUT2D eigenvalue weighted by Crippen LogP contribution is 2.26. The lowest BCUT2D eigenvalue weighted by atomic mass is 9.99. The van der Waals surface area contributed by atoms with Crippen LogP contribution in [-0.2, 0) is 6.42 Å². The van der Waals surface area contributed by atoms with Crippen LogP contribution in [0.15, 0.2) is 30.3 Å². The zero-order valence-electron chi connectivity index (χ0n) is 11.2. The molecule has 2 nitrogen and oxygen atoms in total. The minimum absolute atomic E-state index is 0.00636. The van der Waals surface area contributed by atoms with Gasteiger partial charge in [-0.2, -0.15) is 0 Å². The van der Waals surface area contributed by atoms with E-state index in [9.17, 15) is 13.2 Å². The first kappa shape index (κ1) is 15.7. The summed E-state index contributed by atoms with van der Waals surface area (Å²) in [5, 5.41) is -0.307. The van der Waals surface area contributed by atoms with Gasteiger partial charge >= 0.3 is 0 Å². The van der Waals surface area contributed by atoms with Crippen molar-refractivity contribution in [3.63, 3.8) is 0 Å². The van der Waals surface area contributed by atoms with Crippen molar-refractivity contribution in [2.24, 2.45) is 5.73 Å². The zero-order chi connectivity index (χ0) is 15.6. The first-order valence-corrected chi connectivity index (χ1v) is 6.52. The molecule has 2 N–H and O–H groups in total. The molecule has 0 aromatic heterocycles. The summed E-state index contributed by atoms with van der Waals surface area (Å²) in [6, 6.07) is 5.35. The van der Waals surface area contributed by atoms with Crippen molar-refractivity contribution in [3.05, 3.63) is 63.9 Å². The Balaban J connectivity index is 2.23. The molecule has 21 heavy (non-hydrogen) atoms. The second-order valence-electron chi connectivity index (χ2n) is 4.57. The molecule has 0 spiro atoms. The fraction of sp³-hybridized carbons (Fsp3) is 0.200. The Morgan fingerprint density at radius 1 is 1.10 bits per heavy atom. The van der Waals surface area contributed by atoms with Crippen LogP contribution < -0.4 is 10.5 Å². The van der Waals surface area contributed by atoms with E-state index in [4.69, 9.17) is 22.1 Å². The maximum atomic E-state index is 13.8. The summed E-state index contributed by atoms with van der Waals surface area (Å²) < 4.78 is 45.5. The number of nitrogens with two attached hydrogens (primary N) is 1. The van der Waals surface area contributed by atoms with Gasteiger partial charge in [0.25, 0.3) is 0 Å². The third-order valence-electron chi connectivity index (χ3n) is 3.11. The molecule has 0 bridgehead atoms. The Morgan fingerprint density at radius 2 is 1.81 bits per heavy atom. The van der Waals surface area contributed by atoms with E-state index in [1.54, 1.807) is 6.07 Å². The molecule has 2 aromatic carbocycles. The predicted octanol–water partition coefficient (Wildman–Crippen LogP) is 4.01. The lowest BCUT2D eigenvalue weighted by Gasteiger charge is -2.14. The third kappa shape index (κ3) is 3.49. The lowest BCUT2D eigenvalue weighted by molar-refractivity contribution is 0.386. The molecular formula is C15H13ClF3NO. The zero-order valence-corrected chi connectivity index (χ0v) is 11.9. The molecule has 6 heteroatoms. The topological polar surface area (TPSA) is 35.2 Å². The molecule has 2 rings (SSSR count). The van der Waals surface area contributed by atoms with E-state index in [2.05, 4.69) is 0 Å². The lowest BCUT2D eigenvalue weighted by Crippen LogP contribution is -2.15. The molecule has 1 atom stereocenters. The summed E-state index contributed by atoms with van der Waals surface area (Å²) in [4.78, 5) is 0. The van der Waals surface area contributed by atoms with Crippen molar-refractivity contribution in [2.75, 3.05) is 7.11 Å². The van der Waals surface area contributed by atoms with Crippen molar-refractivity contribution >= 4 is 11.6 Å². The van der Waals surface area contributed by atoms with Crippen LogP contribution in [0.4, 0.5) is 13.2 Å². The maximum absolute atomic E-state index is 13.8. The van der Waals surface area contributed by atoms with Gasteiger partial charge in [0.15, 0.2) is 11.6 Å². The molecule has 0 aliphatic heterocycles. The van der Waals surface area contributed by atoms with Crippen molar-refractivity contribution in [1.29, 1.82) is 0 Å². The van der Waals surface area contributed by atoms with Gasteiger partial charge in [-0.3, -0.25) is 0 Å². The normalized spacial score (nSPS) is 12.3. The summed E-state index contributed by atoms with van der Waals surface area (Å²) in [5.41, 5.74) is 6.41. The summed E-state index contributed by atoms with van der Waals surface area (Å²) >= 11 is 5.49. The van der Waals surface area contributed by atoms with Crippen molar-refractivity contribution in [3.8, 4) is 5.75 Å². The fourth-order valence-electron chi connectivity index (χ4n) is 2.02. The SMILES string of the molecule is COc1ccc(CC(N)c2cc(F)c(Cl)cc2F)cc1F. The second-order valence-corrected chi connectivity index (χ2v) is 4.97. The molecule has 0 heterocycles. The molecular weight excluding hydrogens is 303 g/mol. The van der Waals surface area contributed by atoms with Gasteiger partial charge in [0.1, 0.15) is 11.6 Å². The van der Waals surface area contributed by atoms with Crippen LogP contribution in [0.25, 0.3) is 0 Å². The number of hydrogen-bond acceptors (Lipinski definition) is 2. The molecule has 1 unspecified atom stereocenters. The Kier molecular flexibility index (Phi) is 4.75. The molecule has 0 aliphatic carbocycles. The van der Waals surface area contributed by atoms with Crippen LogP contribution in [0.1, 0.15) is 17.2 Å². The standard InChI is InChI=1S/C15H13ClF3NO/c1-21-15-3-2-8(4-13(15)19)5-14(20)9-6-12(18)10(16)7-11(9)17/h2-4,6-7,14H,5,20H2,1H3. The monoisotopic (exact) mass is 315 g/mol. The number of ether oxygens (including phenoxy) is 1. The molecule has 112 valence electrons. The van der Waals surface area contributed by atoms with Crippen molar-refractivity contribution < 1.29 is 17.9 Å². The molecule has 0 amide bonds. The molecule has 0 fully saturated rings. The predicted molar refractivity (Wildman–Crippen MR) is 75.0 cm³/mol. The van der Waals surface area contributed by atoms with Crippen LogP contribution in [0.2, 0.25) is 5.02 Å².